The Morgan fingerprint density at radius 1 is 1.10 bits per heavy atom. The van der Waals surface area contributed by atoms with Crippen molar-refractivity contribution in [2.75, 3.05) is 18.4 Å². The number of likely N-dealkylation sites (tertiary alicyclic amines) is 1. The minimum absolute atomic E-state index is 0.176. The molecular formula is C22H30F2N2O4. The molecule has 1 aromatic carbocycles. The van der Waals surface area contributed by atoms with Crippen molar-refractivity contribution < 1.29 is 27.8 Å². The predicted octanol–water partition coefficient (Wildman–Crippen LogP) is 5.54. The second-order valence-corrected chi connectivity index (χ2v) is 9.12. The molecule has 0 aromatic heterocycles. The van der Waals surface area contributed by atoms with Crippen LogP contribution in [0, 0.1) is 0 Å². The molecule has 0 bridgehead atoms. The highest BCUT2D eigenvalue weighted by atomic mass is 19.3. The van der Waals surface area contributed by atoms with E-state index in [0.29, 0.717) is 18.8 Å². The van der Waals surface area contributed by atoms with Gasteiger partial charge in [-0.1, -0.05) is 12.1 Å². The maximum absolute atomic E-state index is 13.2. The Morgan fingerprint density at radius 2 is 1.73 bits per heavy atom. The average Bonchev–Trinajstić information content (AvgIpc) is 3.13. The second-order valence-electron chi connectivity index (χ2n) is 9.12. The fourth-order valence-corrected chi connectivity index (χ4v) is 3.79. The Hall–Kier alpha value is -2.38. The summed E-state index contributed by atoms with van der Waals surface area (Å²) in [6.07, 6.45) is -0.698. The summed E-state index contributed by atoms with van der Waals surface area (Å²) in [7, 11) is 0. The molecule has 2 amide bonds. The molecule has 8 heteroatoms. The molecule has 1 aliphatic carbocycles. The molecule has 1 N–H and O–H groups in total. The van der Waals surface area contributed by atoms with Crippen molar-refractivity contribution in [1.82, 2.24) is 4.90 Å². The second kappa shape index (κ2) is 8.78. The summed E-state index contributed by atoms with van der Waals surface area (Å²) in [5.41, 5.74) is 1.14. The third-order valence-corrected chi connectivity index (χ3v) is 5.41. The zero-order valence-electron chi connectivity index (χ0n) is 17.7. The molecule has 1 saturated heterocycles. The van der Waals surface area contributed by atoms with Crippen LogP contribution in [0.25, 0.3) is 0 Å². The number of anilines is 1. The number of rotatable bonds is 3. The molecule has 1 atom stereocenters. The highest BCUT2D eigenvalue weighted by molar-refractivity contribution is 5.84. The number of hydrogen-bond acceptors (Lipinski definition) is 4. The highest BCUT2D eigenvalue weighted by Crippen LogP contribution is 2.34. The number of amides is 2. The first-order chi connectivity index (χ1) is 14.0. The smallest absolute Gasteiger partial charge is 0.411 e. The van der Waals surface area contributed by atoms with Crippen molar-refractivity contribution >= 4 is 17.9 Å². The summed E-state index contributed by atoms with van der Waals surface area (Å²) in [5.74, 6) is -2.44. The van der Waals surface area contributed by atoms with E-state index >= 15 is 0 Å². The zero-order valence-corrected chi connectivity index (χ0v) is 17.7. The number of nitrogens with zero attached hydrogens (tertiary/aromatic N) is 1. The van der Waals surface area contributed by atoms with Gasteiger partial charge in [0.2, 0.25) is 5.92 Å². The Labute approximate surface area is 175 Å². The molecule has 1 aliphatic heterocycles. The van der Waals surface area contributed by atoms with Gasteiger partial charge in [0.25, 0.3) is 0 Å². The average molecular weight is 424 g/mol. The van der Waals surface area contributed by atoms with Crippen LogP contribution in [0.5, 0.6) is 0 Å². The van der Waals surface area contributed by atoms with Crippen molar-refractivity contribution in [3.05, 3.63) is 29.8 Å². The number of hydrogen-bond donors (Lipinski definition) is 1. The molecule has 166 valence electrons. The van der Waals surface area contributed by atoms with Crippen LogP contribution in [0.3, 0.4) is 0 Å². The van der Waals surface area contributed by atoms with Crippen LogP contribution < -0.4 is 5.32 Å². The Kier molecular flexibility index (Phi) is 6.53. The maximum Gasteiger partial charge on any atom is 0.411 e. The Balaban J connectivity index is 1.47. The summed E-state index contributed by atoms with van der Waals surface area (Å²) in [6.45, 7) is 6.78. The standard InChI is InChI=1S/C22H30F2N2O4/c1-21(2,3)30-20(28)26-13-10-16(14-26)15-4-6-17(7-5-15)25-19(27)29-18-8-11-22(23,24)12-9-18/h4-7,16,18H,8-14H2,1-3H3,(H,25,27)/t16-/m1/s1. The zero-order chi connectivity index (χ0) is 21.9. The highest BCUT2D eigenvalue weighted by Gasteiger charge is 2.36. The van der Waals surface area contributed by atoms with Gasteiger partial charge in [0.05, 0.1) is 0 Å². The van der Waals surface area contributed by atoms with Crippen LogP contribution in [0.2, 0.25) is 0 Å². The first kappa shape index (κ1) is 22.3. The van der Waals surface area contributed by atoms with Crippen molar-refractivity contribution in [2.24, 2.45) is 0 Å². The molecule has 0 radical (unpaired) electrons. The van der Waals surface area contributed by atoms with Gasteiger partial charge >= 0.3 is 12.2 Å². The van der Waals surface area contributed by atoms with E-state index in [2.05, 4.69) is 5.32 Å². The lowest BCUT2D eigenvalue weighted by Crippen LogP contribution is -2.35. The van der Waals surface area contributed by atoms with E-state index in [-0.39, 0.29) is 37.7 Å². The third kappa shape index (κ3) is 6.31. The van der Waals surface area contributed by atoms with Gasteiger partial charge in [-0.2, -0.15) is 0 Å². The van der Waals surface area contributed by atoms with E-state index in [1.807, 2.05) is 32.9 Å². The van der Waals surface area contributed by atoms with E-state index in [4.69, 9.17) is 9.47 Å². The van der Waals surface area contributed by atoms with Gasteiger partial charge < -0.3 is 14.4 Å². The SMILES string of the molecule is CC(C)(C)OC(=O)N1CC[C@@H](c2ccc(NC(=O)OC3CCC(F)(F)CC3)cc2)C1. The van der Waals surface area contributed by atoms with Gasteiger partial charge in [-0.15, -0.1) is 0 Å². The lowest BCUT2D eigenvalue weighted by atomic mass is 9.94. The molecular weight excluding hydrogens is 394 g/mol. The van der Waals surface area contributed by atoms with Gasteiger partial charge in [0.1, 0.15) is 11.7 Å². The molecule has 3 rings (SSSR count). The van der Waals surface area contributed by atoms with Crippen LogP contribution in [0.1, 0.15) is 64.4 Å². The van der Waals surface area contributed by atoms with Crippen LogP contribution >= 0.6 is 0 Å². The predicted molar refractivity (Wildman–Crippen MR) is 109 cm³/mol. The van der Waals surface area contributed by atoms with Crippen LogP contribution in [-0.4, -0.2) is 47.8 Å². The molecule has 2 fully saturated rings. The summed E-state index contributed by atoms with van der Waals surface area (Å²) in [6, 6.07) is 7.39. The minimum atomic E-state index is -2.65. The number of benzene rings is 1. The van der Waals surface area contributed by atoms with Gasteiger partial charge in [-0.3, -0.25) is 5.32 Å². The third-order valence-electron chi connectivity index (χ3n) is 5.41. The van der Waals surface area contributed by atoms with Crippen LogP contribution in [0.15, 0.2) is 24.3 Å². The van der Waals surface area contributed by atoms with Gasteiger partial charge in [-0.25, -0.2) is 18.4 Å². The van der Waals surface area contributed by atoms with Crippen LogP contribution in [-0.2, 0) is 9.47 Å². The number of halogens is 2. The van der Waals surface area contributed by atoms with Crippen LogP contribution in [0.4, 0.5) is 24.1 Å². The number of alkyl halides is 2. The molecule has 1 heterocycles. The van der Waals surface area contributed by atoms with E-state index in [1.165, 1.54) is 0 Å². The van der Waals surface area contributed by atoms with Gasteiger partial charge in [0, 0.05) is 37.5 Å². The van der Waals surface area contributed by atoms with Gasteiger partial charge in [-0.05, 0) is 57.7 Å². The maximum atomic E-state index is 13.2. The lowest BCUT2D eigenvalue weighted by Gasteiger charge is -2.27. The van der Waals surface area contributed by atoms with Gasteiger partial charge in [0.15, 0.2) is 0 Å². The van der Waals surface area contributed by atoms with Crippen molar-refractivity contribution in [2.45, 2.75) is 76.4 Å². The molecule has 30 heavy (non-hydrogen) atoms. The minimum Gasteiger partial charge on any atom is -0.446 e. The molecule has 2 aliphatic rings. The van der Waals surface area contributed by atoms with Crippen molar-refractivity contribution in [1.29, 1.82) is 0 Å². The topological polar surface area (TPSA) is 67.9 Å². The normalized spacial score (nSPS) is 21.9. The van der Waals surface area contributed by atoms with Crippen molar-refractivity contribution in [3.8, 4) is 0 Å². The number of nitrogens with one attached hydrogen (secondary N) is 1. The number of carbonyl (C=O) groups is 2. The molecule has 0 unspecified atom stereocenters. The summed E-state index contributed by atoms with van der Waals surface area (Å²) >= 11 is 0. The first-order valence-electron chi connectivity index (χ1n) is 10.4. The van der Waals surface area contributed by atoms with E-state index in [1.54, 1.807) is 17.0 Å². The first-order valence-corrected chi connectivity index (χ1v) is 10.4. The van der Waals surface area contributed by atoms with E-state index in [9.17, 15) is 18.4 Å². The summed E-state index contributed by atoms with van der Waals surface area (Å²) in [5, 5.41) is 2.65. The summed E-state index contributed by atoms with van der Waals surface area (Å²) in [4.78, 5) is 26.0. The number of carbonyl (C=O) groups excluding carboxylic acids is 2. The Morgan fingerprint density at radius 3 is 2.33 bits per heavy atom. The fourth-order valence-electron chi connectivity index (χ4n) is 3.79. The number of ether oxygens (including phenoxy) is 2. The van der Waals surface area contributed by atoms with E-state index < -0.39 is 23.7 Å². The van der Waals surface area contributed by atoms with Crippen molar-refractivity contribution in [3.63, 3.8) is 0 Å². The fraction of sp³-hybridized carbons (Fsp3) is 0.636. The largest absolute Gasteiger partial charge is 0.446 e. The Bertz CT molecular complexity index is 751. The molecule has 0 spiro atoms. The molecule has 6 nitrogen and oxygen atoms in total. The quantitative estimate of drug-likeness (QED) is 0.692. The lowest BCUT2D eigenvalue weighted by molar-refractivity contribution is -0.0642. The molecule has 1 saturated carbocycles. The summed E-state index contributed by atoms with van der Waals surface area (Å²) < 4.78 is 37.1. The molecule has 1 aromatic rings. The van der Waals surface area contributed by atoms with E-state index in [0.717, 1.165) is 12.0 Å². The monoisotopic (exact) mass is 424 g/mol.